The second kappa shape index (κ2) is 17.8. The number of para-hydroxylation sites is 1. The maximum absolute atomic E-state index is 13.2. The summed E-state index contributed by atoms with van der Waals surface area (Å²) < 4.78 is 29.4. The van der Waals surface area contributed by atoms with Crippen molar-refractivity contribution in [3.8, 4) is 5.75 Å². The van der Waals surface area contributed by atoms with Crippen molar-refractivity contribution >= 4 is 82.8 Å². The van der Waals surface area contributed by atoms with Crippen molar-refractivity contribution in [3.05, 3.63) is 83.0 Å². The second-order valence-corrected chi connectivity index (χ2v) is 17.4. The van der Waals surface area contributed by atoms with Gasteiger partial charge >= 0.3 is 7.60 Å². The minimum atomic E-state index is -3.56. The van der Waals surface area contributed by atoms with Crippen LogP contribution in [0, 0.1) is 0 Å². The standard InChI is InChI=1S/C39H44ClN8O7PS/c1-53-32-21-25(11-12-29(32)44-39-42-22-28(40)36(46-39)43-30-8-4-5-9-33(30)56(52,54-2)55-3)47-18-15-24(16-19-47)41-17-20-57-34-10-6-7-26-27(34)23-48(38(26)51)31-13-14-35(49)45-37(31)50/h4-12,21-22,24,31,41H,13-20,23H2,1-3H3,(H,45,49,50)(H2,42,43,44,46). The zero-order valence-electron chi connectivity index (χ0n) is 31.7. The van der Waals surface area contributed by atoms with Gasteiger partial charge in [0, 0.05) is 80.8 Å². The molecule has 1 atom stereocenters. The van der Waals surface area contributed by atoms with E-state index in [2.05, 4.69) is 36.1 Å². The topological polar surface area (TPSA) is 176 Å². The predicted octanol–water partition coefficient (Wildman–Crippen LogP) is 5.85. The lowest BCUT2D eigenvalue weighted by Gasteiger charge is -2.34. The number of benzene rings is 3. The molecular formula is C39H44ClN8O7PS. The molecule has 18 heteroatoms. The van der Waals surface area contributed by atoms with Crippen molar-refractivity contribution in [2.75, 3.05) is 62.3 Å². The van der Waals surface area contributed by atoms with Crippen LogP contribution in [0.15, 0.2) is 71.8 Å². The molecule has 3 aromatic carbocycles. The Kier molecular flexibility index (Phi) is 12.7. The van der Waals surface area contributed by atoms with Crippen molar-refractivity contribution in [3.63, 3.8) is 0 Å². The molecule has 0 saturated carbocycles. The van der Waals surface area contributed by atoms with Gasteiger partial charge in [-0.15, -0.1) is 11.8 Å². The number of halogens is 1. The number of fused-ring (bicyclic) bond motifs is 1. The average molecular weight is 835 g/mol. The Labute approximate surface area is 340 Å². The van der Waals surface area contributed by atoms with E-state index in [1.807, 2.05) is 36.4 Å². The van der Waals surface area contributed by atoms with Gasteiger partial charge in [0.2, 0.25) is 17.8 Å². The molecule has 2 fully saturated rings. The number of imide groups is 1. The van der Waals surface area contributed by atoms with Gasteiger partial charge in [-0.05, 0) is 61.2 Å². The zero-order chi connectivity index (χ0) is 40.1. The van der Waals surface area contributed by atoms with Gasteiger partial charge in [0.25, 0.3) is 5.91 Å². The molecule has 3 aliphatic heterocycles. The predicted molar refractivity (Wildman–Crippen MR) is 221 cm³/mol. The van der Waals surface area contributed by atoms with Gasteiger partial charge in [-0.1, -0.05) is 29.8 Å². The highest BCUT2D eigenvalue weighted by Gasteiger charge is 2.40. The number of carbonyl (C=O) groups excluding carboxylic acids is 3. The molecule has 2 saturated heterocycles. The number of thioether (sulfide) groups is 1. The third-order valence-electron chi connectivity index (χ3n) is 10.3. The number of hydrogen-bond donors (Lipinski definition) is 4. The number of carbonyl (C=O) groups is 3. The number of piperidine rings is 2. The quantitative estimate of drug-likeness (QED) is 0.0486. The largest absolute Gasteiger partial charge is 0.494 e. The molecule has 0 aliphatic carbocycles. The van der Waals surface area contributed by atoms with Gasteiger partial charge in [-0.25, -0.2) is 4.98 Å². The second-order valence-electron chi connectivity index (χ2n) is 13.7. The first-order valence-electron chi connectivity index (χ1n) is 18.5. The Bertz CT molecular complexity index is 2200. The number of aromatic nitrogens is 2. The van der Waals surface area contributed by atoms with Crippen molar-refractivity contribution < 1.29 is 32.7 Å². The highest BCUT2D eigenvalue weighted by molar-refractivity contribution is 7.99. The van der Waals surface area contributed by atoms with Crippen molar-refractivity contribution in [1.29, 1.82) is 0 Å². The maximum Gasteiger partial charge on any atom is 0.362 e. The normalized spacial score (nSPS) is 17.4. The van der Waals surface area contributed by atoms with Crippen LogP contribution in [0.4, 0.5) is 28.8 Å². The summed E-state index contributed by atoms with van der Waals surface area (Å²) in [6.45, 7) is 2.94. The van der Waals surface area contributed by atoms with Gasteiger partial charge in [-0.2, -0.15) is 4.98 Å². The van der Waals surface area contributed by atoms with Crippen LogP contribution in [0.3, 0.4) is 0 Å². The minimum absolute atomic E-state index is 0.155. The fourth-order valence-electron chi connectivity index (χ4n) is 7.29. The molecule has 4 N–H and O–H groups in total. The first kappa shape index (κ1) is 40.5. The van der Waals surface area contributed by atoms with Crippen LogP contribution in [-0.4, -0.2) is 91.4 Å². The SMILES string of the molecule is COc1cc(N2CCC(NCCSc3cccc4c3CN(C3CCC(=O)NC3=O)C4=O)CC2)ccc1Nc1ncc(Cl)c(Nc2ccccc2P(=O)(OC)OC)n1. The Morgan fingerprint density at radius 2 is 1.75 bits per heavy atom. The molecule has 3 aliphatic rings. The Morgan fingerprint density at radius 3 is 2.51 bits per heavy atom. The number of rotatable bonds is 15. The van der Waals surface area contributed by atoms with Gasteiger partial charge < -0.3 is 39.5 Å². The van der Waals surface area contributed by atoms with E-state index >= 15 is 0 Å². The number of nitrogens with zero attached hydrogens (tertiary/aromatic N) is 4. The molecular weight excluding hydrogens is 791 g/mol. The lowest BCUT2D eigenvalue weighted by Crippen LogP contribution is -2.52. The van der Waals surface area contributed by atoms with Crippen LogP contribution in [-0.2, 0) is 29.7 Å². The first-order chi connectivity index (χ1) is 27.6. The van der Waals surface area contributed by atoms with Crippen LogP contribution < -0.4 is 36.2 Å². The maximum atomic E-state index is 13.2. The molecule has 4 aromatic rings. The monoisotopic (exact) mass is 834 g/mol. The zero-order valence-corrected chi connectivity index (χ0v) is 34.2. The summed E-state index contributed by atoms with van der Waals surface area (Å²) in [5.41, 5.74) is 3.76. The first-order valence-corrected chi connectivity index (χ1v) is 21.4. The third kappa shape index (κ3) is 8.91. The summed E-state index contributed by atoms with van der Waals surface area (Å²) in [6, 6.07) is 18.4. The summed E-state index contributed by atoms with van der Waals surface area (Å²) in [4.78, 5) is 51.2. The van der Waals surface area contributed by atoms with E-state index in [1.54, 1.807) is 48.0 Å². The Hall–Kier alpha value is -4.70. The summed E-state index contributed by atoms with van der Waals surface area (Å²) >= 11 is 8.17. The molecule has 57 heavy (non-hydrogen) atoms. The number of anilines is 5. The van der Waals surface area contributed by atoms with E-state index in [0.717, 1.165) is 54.4 Å². The number of ether oxygens (including phenoxy) is 1. The number of methoxy groups -OCH3 is 1. The fraction of sp³-hybridized carbons (Fsp3) is 0.359. The van der Waals surface area contributed by atoms with Crippen LogP contribution in [0.5, 0.6) is 5.75 Å². The minimum Gasteiger partial charge on any atom is -0.494 e. The molecule has 0 spiro atoms. The molecule has 3 amide bonds. The molecule has 1 unspecified atom stereocenters. The molecule has 4 heterocycles. The van der Waals surface area contributed by atoms with E-state index in [0.29, 0.717) is 52.8 Å². The van der Waals surface area contributed by atoms with E-state index in [1.165, 1.54) is 20.4 Å². The molecule has 0 radical (unpaired) electrons. The number of hydrogen-bond acceptors (Lipinski definition) is 14. The summed E-state index contributed by atoms with van der Waals surface area (Å²) in [6.07, 6.45) is 4.01. The molecule has 15 nitrogen and oxygen atoms in total. The van der Waals surface area contributed by atoms with E-state index in [-0.39, 0.29) is 29.2 Å². The smallest absolute Gasteiger partial charge is 0.362 e. The van der Waals surface area contributed by atoms with Gasteiger partial charge in [-0.3, -0.25) is 24.3 Å². The fourth-order valence-corrected chi connectivity index (χ4v) is 9.63. The lowest BCUT2D eigenvalue weighted by molar-refractivity contribution is -0.136. The van der Waals surface area contributed by atoms with E-state index < -0.39 is 19.5 Å². The van der Waals surface area contributed by atoms with Crippen LogP contribution in [0.25, 0.3) is 0 Å². The molecule has 7 rings (SSSR count). The van der Waals surface area contributed by atoms with Gasteiger partial charge in [0.15, 0.2) is 5.82 Å². The van der Waals surface area contributed by atoms with Crippen LogP contribution in [0.1, 0.15) is 41.6 Å². The summed E-state index contributed by atoms with van der Waals surface area (Å²) in [5.74, 6) is 1.18. The average Bonchev–Trinajstić information content (AvgIpc) is 3.57. The van der Waals surface area contributed by atoms with Crippen LogP contribution >= 0.6 is 31.0 Å². The lowest BCUT2D eigenvalue weighted by atomic mass is 10.0. The highest BCUT2D eigenvalue weighted by Crippen LogP contribution is 2.47. The summed E-state index contributed by atoms with van der Waals surface area (Å²) in [5, 5.41) is 13.0. The van der Waals surface area contributed by atoms with Gasteiger partial charge in [0.1, 0.15) is 16.8 Å². The van der Waals surface area contributed by atoms with E-state index in [4.69, 9.17) is 25.4 Å². The molecule has 300 valence electrons. The van der Waals surface area contributed by atoms with E-state index in [9.17, 15) is 18.9 Å². The Morgan fingerprint density at radius 1 is 0.965 bits per heavy atom. The third-order valence-corrected chi connectivity index (χ3v) is 13.6. The summed E-state index contributed by atoms with van der Waals surface area (Å²) in [7, 11) is 0.706. The number of amides is 3. The Balaban J connectivity index is 0.908. The van der Waals surface area contributed by atoms with Crippen molar-refractivity contribution in [1.82, 2.24) is 25.5 Å². The van der Waals surface area contributed by atoms with Gasteiger partial charge in [0.05, 0.1) is 30.0 Å². The van der Waals surface area contributed by atoms with Crippen molar-refractivity contribution in [2.45, 2.75) is 49.2 Å². The molecule has 1 aromatic heterocycles. The number of nitrogens with one attached hydrogen (secondary N) is 4. The highest BCUT2D eigenvalue weighted by atomic mass is 35.5. The van der Waals surface area contributed by atoms with Crippen molar-refractivity contribution in [2.24, 2.45) is 0 Å². The van der Waals surface area contributed by atoms with Crippen LogP contribution in [0.2, 0.25) is 5.02 Å². The molecule has 0 bridgehead atoms.